The predicted octanol–water partition coefficient (Wildman–Crippen LogP) is 2.87. The second kappa shape index (κ2) is 6.30. The molecule has 2 aliphatic rings. The van der Waals surface area contributed by atoms with Gasteiger partial charge in [0.25, 0.3) is 0 Å². The molecular formula is C22H21N5O3. The zero-order chi connectivity index (χ0) is 20.4. The number of benzene rings is 1. The summed E-state index contributed by atoms with van der Waals surface area (Å²) in [6.07, 6.45) is 3.33. The van der Waals surface area contributed by atoms with Gasteiger partial charge in [0.05, 0.1) is 28.9 Å². The number of aliphatic hydroxyl groups is 1. The summed E-state index contributed by atoms with van der Waals surface area (Å²) in [6, 6.07) is 7.99. The van der Waals surface area contributed by atoms with E-state index in [1.54, 1.807) is 6.20 Å². The number of hydrogen-bond donors (Lipinski definition) is 1. The maximum absolute atomic E-state index is 9.87. The molecule has 152 valence electrons. The number of β-amino-alcohol motifs (C(OH)–C–C–N with tert-alkyl or cyclic N) is 1. The smallest absolute Gasteiger partial charge is 0.207 e. The lowest BCUT2D eigenvalue weighted by molar-refractivity contribution is 0.139. The molecule has 1 aromatic carbocycles. The van der Waals surface area contributed by atoms with Crippen molar-refractivity contribution in [2.75, 3.05) is 24.6 Å². The van der Waals surface area contributed by atoms with Crippen molar-refractivity contribution in [1.29, 1.82) is 0 Å². The van der Waals surface area contributed by atoms with Crippen LogP contribution >= 0.6 is 0 Å². The molecule has 8 heteroatoms. The van der Waals surface area contributed by atoms with Gasteiger partial charge >= 0.3 is 0 Å². The number of imidazole rings is 1. The van der Waals surface area contributed by atoms with Crippen LogP contribution in [0, 0.1) is 13.8 Å². The van der Waals surface area contributed by atoms with Crippen LogP contribution in [-0.2, 0) is 0 Å². The highest BCUT2D eigenvalue weighted by molar-refractivity contribution is 5.94. The minimum atomic E-state index is -0.313. The third-order valence-electron chi connectivity index (χ3n) is 6.00. The van der Waals surface area contributed by atoms with Gasteiger partial charge in [-0.2, -0.15) is 0 Å². The number of hydrogen-bond acceptors (Lipinski definition) is 7. The largest absolute Gasteiger partial charge is 0.488 e. The fourth-order valence-electron chi connectivity index (χ4n) is 4.55. The average Bonchev–Trinajstić information content (AvgIpc) is 3.28. The number of aromatic nitrogens is 4. The van der Waals surface area contributed by atoms with Crippen molar-refractivity contribution in [2.45, 2.75) is 26.0 Å². The molecule has 1 fully saturated rings. The van der Waals surface area contributed by atoms with E-state index in [1.807, 2.05) is 38.2 Å². The van der Waals surface area contributed by atoms with E-state index in [-0.39, 0.29) is 12.1 Å². The van der Waals surface area contributed by atoms with E-state index in [1.165, 1.54) is 0 Å². The van der Waals surface area contributed by atoms with Crippen LogP contribution < -0.4 is 9.64 Å². The van der Waals surface area contributed by atoms with E-state index in [0.29, 0.717) is 19.7 Å². The minimum absolute atomic E-state index is 0.0520. The van der Waals surface area contributed by atoms with Gasteiger partial charge in [-0.05, 0) is 37.6 Å². The molecule has 1 unspecified atom stereocenters. The van der Waals surface area contributed by atoms with Gasteiger partial charge in [-0.3, -0.25) is 9.55 Å². The predicted molar refractivity (Wildman–Crippen MR) is 111 cm³/mol. The van der Waals surface area contributed by atoms with Gasteiger partial charge in [-0.25, -0.2) is 4.98 Å². The van der Waals surface area contributed by atoms with Crippen LogP contribution in [0.4, 0.5) is 5.95 Å². The molecule has 1 atom stereocenters. The van der Waals surface area contributed by atoms with Crippen molar-refractivity contribution in [3.63, 3.8) is 0 Å². The Hall–Kier alpha value is -3.39. The molecule has 0 aliphatic carbocycles. The molecule has 3 aromatic heterocycles. The third kappa shape index (κ3) is 2.40. The SMILES string of the molecule is Cc1noc(C)c1-c1ccc2nc(N3CC(O)C3)n3c2c1OCC3c1cccnc1. The molecule has 4 aromatic rings. The molecule has 1 N–H and O–H groups in total. The number of pyridine rings is 1. The average molecular weight is 403 g/mol. The van der Waals surface area contributed by atoms with Crippen LogP contribution in [0.3, 0.4) is 0 Å². The van der Waals surface area contributed by atoms with Crippen molar-refractivity contribution in [3.8, 4) is 16.9 Å². The topological polar surface area (TPSA) is 89.4 Å². The maximum atomic E-state index is 9.87. The van der Waals surface area contributed by atoms with Gasteiger partial charge in [-0.1, -0.05) is 11.2 Å². The summed E-state index contributed by atoms with van der Waals surface area (Å²) in [7, 11) is 0. The Morgan fingerprint density at radius 1 is 1.17 bits per heavy atom. The van der Waals surface area contributed by atoms with E-state index in [0.717, 1.165) is 50.9 Å². The summed E-state index contributed by atoms with van der Waals surface area (Å²) >= 11 is 0. The zero-order valence-corrected chi connectivity index (χ0v) is 16.7. The van der Waals surface area contributed by atoms with Crippen molar-refractivity contribution in [1.82, 2.24) is 19.7 Å². The van der Waals surface area contributed by atoms with Gasteiger partial charge in [-0.15, -0.1) is 0 Å². The Balaban J connectivity index is 1.62. The monoisotopic (exact) mass is 403 g/mol. The van der Waals surface area contributed by atoms with Gasteiger partial charge in [0, 0.05) is 31.0 Å². The first-order chi connectivity index (χ1) is 14.6. The molecular weight excluding hydrogens is 382 g/mol. The van der Waals surface area contributed by atoms with Crippen LogP contribution in [-0.4, -0.2) is 50.6 Å². The molecule has 6 rings (SSSR count). The Morgan fingerprint density at radius 3 is 2.73 bits per heavy atom. The van der Waals surface area contributed by atoms with Gasteiger partial charge in [0.2, 0.25) is 5.95 Å². The summed E-state index contributed by atoms with van der Waals surface area (Å²) in [6.45, 7) is 5.48. The first-order valence-corrected chi connectivity index (χ1v) is 10.1. The standard InChI is InChI=1S/C22H21N5O3/c1-12-19(13(2)30-25-12)16-5-6-17-20-21(16)29-11-18(14-4-3-7-23-8-14)27(20)22(24-17)26-9-15(28)10-26/h3-8,15,18,28H,9-11H2,1-2H3. The van der Waals surface area contributed by atoms with Gasteiger partial charge in [0.1, 0.15) is 17.9 Å². The van der Waals surface area contributed by atoms with Crippen molar-refractivity contribution < 1.29 is 14.4 Å². The van der Waals surface area contributed by atoms with Crippen LogP contribution in [0.15, 0.2) is 41.2 Å². The van der Waals surface area contributed by atoms with Crippen molar-refractivity contribution in [2.24, 2.45) is 0 Å². The highest BCUT2D eigenvalue weighted by Crippen LogP contribution is 2.46. The first kappa shape index (κ1) is 17.5. The van der Waals surface area contributed by atoms with E-state index in [2.05, 4.69) is 25.7 Å². The van der Waals surface area contributed by atoms with Crippen molar-refractivity contribution >= 4 is 17.0 Å². The molecule has 1 saturated heterocycles. The molecule has 0 saturated carbocycles. The molecule has 30 heavy (non-hydrogen) atoms. The highest BCUT2D eigenvalue weighted by atomic mass is 16.5. The normalized spacial score (nSPS) is 18.5. The molecule has 8 nitrogen and oxygen atoms in total. The lowest BCUT2D eigenvalue weighted by Crippen LogP contribution is -2.52. The molecule has 2 aliphatic heterocycles. The fourth-order valence-corrected chi connectivity index (χ4v) is 4.55. The summed E-state index contributed by atoms with van der Waals surface area (Å²) < 4.78 is 14.0. The Labute approximate surface area is 172 Å². The Morgan fingerprint density at radius 2 is 2.03 bits per heavy atom. The van der Waals surface area contributed by atoms with E-state index in [4.69, 9.17) is 14.2 Å². The lowest BCUT2D eigenvalue weighted by Gasteiger charge is -2.38. The Bertz CT molecular complexity index is 1240. The third-order valence-corrected chi connectivity index (χ3v) is 6.00. The van der Waals surface area contributed by atoms with Gasteiger partial charge in [0.15, 0.2) is 5.75 Å². The van der Waals surface area contributed by atoms with Crippen LogP contribution in [0.25, 0.3) is 22.2 Å². The number of aliphatic hydroxyl groups excluding tert-OH is 1. The minimum Gasteiger partial charge on any atom is -0.488 e. The van der Waals surface area contributed by atoms with Crippen molar-refractivity contribution in [3.05, 3.63) is 53.7 Å². The van der Waals surface area contributed by atoms with E-state index in [9.17, 15) is 5.11 Å². The summed E-state index contributed by atoms with van der Waals surface area (Å²) in [5.74, 6) is 2.41. The number of rotatable bonds is 3. The summed E-state index contributed by atoms with van der Waals surface area (Å²) in [5.41, 5.74) is 5.63. The summed E-state index contributed by atoms with van der Waals surface area (Å²) in [4.78, 5) is 11.3. The molecule has 0 bridgehead atoms. The second-order valence-corrected chi connectivity index (χ2v) is 7.96. The number of nitrogens with zero attached hydrogens (tertiary/aromatic N) is 5. The molecule has 5 heterocycles. The van der Waals surface area contributed by atoms with E-state index < -0.39 is 0 Å². The Kier molecular flexibility index (Phi) is 3.67. The second-order valence-electron chi connectivity index (χ2n) is 7.96. The van der Waals surface area contributed by atoms with Crippen LogP contribution in [0.1, 0.15) is 23.1 Å². The number of anilines is 1. The molecule has 0 radical (unpaired) electrons. The lowest BCUT2D eigenvalue weighted by atomic mass is 10.0. The fraction of sp³-hybridized carbons (Fsp3) is 0.318. The number of ether oxygens (including phenoxy) is 1. The van der Waals surface area contributed by atoms with Crippen LogP contribution in [0.5, 0.6) is 5.75 Å². The molecule has 0 spiro atoms. The first-order valence-electron chi connectivity index (χ1n) is 10.1. The maximum Gasteiger partial charge on any atom is 0.207 e. The highest BCUT2D eigenvalue weighted by Gasteiger charge is 2.36. The number of aryl methyl sites for hydroxylation is 2. The summed E-state index contributed by atoms with van der Waals surface area (Å²) in [5, 5.41) is 14.0. The van der Waals surface area contributed by atoms with Crippen LogP contribution in [0.2, 0.25) is 0 Å². The quantitative estimate of drug-likeness (QED) is 0.563. The molecule has 0 amide bonds. The van der Waals surface area contributed by atoms with Gasteiger partial charge < -0.3 is 19.3 Å². The zero-order valence-electron chi connectivity index (χ0n) is 16.7. The van der Waals surface area contributed by atoms with E-state index >= 15 is 0 Å².